The van der Waals surface area contributed by atoms with E-state index in [9.17, 15) is 23.1 Å². The van der Waals surface area contributed by atoms with Crippen molar-refractivity contribution in [1.29, 1.82) is 0 Å². The normalized spacial score (nSPS) is 24.7. The average Bonchev–Trinajstić information content (AvgIpc) is 2.75. The summed E-state index contributed by atoms with van der Waals surface area (Å²) in [5, 5.41) is 9.24. The zero-order chi connectivity index (χ0) is 16.6. The molecule has 1 aromatic rings. The third kappa shape index (κ3) is 3.35. The zero-order valence-corrected chi connectivity index (χ0v) is 12.6. The summed E-state index contributed by atoms with van der Waals surface area (Å²) in [4.78, 5) is 15.3. The van der Waals surface area contributed by atoms with Gasteiger partial charge in [0.05, 0.1) is 19.6 Å². The van der Waals surface area contributed by atoms with E-state index in [1.54, 1.807) is 28.0 Å². The maximum Gasteiger partial charge on any atom is 0.262 e. The number of carbonyl (C=O) groups excluding carboxylic acids is 1. The smallest absolute Gasteiger partial charge is 0.262 e. The molecule has 126 valence electrons. The first kappa shape index (κ1) is 16.3. The molecule has 0 aromatic heterocycles. The number of aliphatic hydroxyl groups is 1. The van der Waals surface area contributed by atoms with Gasteiger partial charge in [-0.25, -0.2) is 13.2 Å². The van der Waals surface area contributed by atoms with Crippen molar-refractivity contribution in [2.75, 3.05) is 26.2 Å². The average molecular weight is 328 g/mol. The summed E-state index contributed by atoms with van der Waals surface area (Å²) in [5.41, 5.74) is 0.335. The highest BCUT2D eigenvalue weighted by atomic mass is 19.3. The highest BCUT2D eigenvalue weighted by Gasteiger charge is 2.49. The second-order valence-electron chi connectivity index (χ2n) is 6.29. The van der Waals surface area contributed by atoms with Gasteiger partial charge in [-0.3, -0.25) is 9.69 Å². The molecule has 2 heterocycles. The lowest BCUT2D eigenvalue weighted by molar-refractivity contribution is -0.138. The molecule has 0 saturated carbocycles. The van der Waals surface area contributed by atoms with Crippen molar-refractivity contribution in [2.45, 2.75) is 30.8 Å². The minimum Gasteiger partial charge on any atom is -0.395 e. The minimum absolute atomic E-state index is 0.0288. The minimum atomic E-state index is -2.79. The van der Waals surface area contributed by atoms with Crippen LogP contribution in [0.25, 0.3) is 0 Å². The van der Waals surface area contributed by atoms with Crippen LogP contribution >= 0.6 is 0 Å². The molecular formula is C16H19F3N2O2. The monoisotopic (exact) mass is 328 g/mol. The molecule has 0 spiro atoms. The summed E-state index contributed by atoms with van der Waals surface area (Å²) in [6.07, 6.45) is -0.373. The van der Waals surface area contributed by atoms with Crippen LogP contribution in [0.15, 0.2) is 24.3 Å². The Morgan fingerprint density at radius 1 is 1.30 bits per heavy atom. The number of rotatable bonds is 4. The van der Waals surface area contributed by atoms with Gasteiger partial charge in [0.25, 0.3) is 5.92 Å². The Kier molecular flexibility index (Phi) is 4.33. The largest absolute Gasteiger partial charge is 0.395 e. The summed E-state index contributed by atoms with van der Waals surface area (Å²) in [6.45, 7) is 0.00717. The second-order valence-corrected chi connectivity index (χ2v) is 6.29. The quantitative estimate of drug-likeness (QED) is 0.906. The molecule has 0 radical (unpaired) electrons. The van der Waals surface area contributed by atoms with E-state index >= 15 is 0 Å². The van der Waals surface area contributed by atoms with Crippen LogP contribution < -0.4 is 0 Å². The number of likely N-dealkylation sites (tertiary alicyclic amines) is 2. The first-order valence-corrected chi connectivity index (χ1v) is 7.65. The Hall–Kier alpha value is -1.60. The third-order valence-electron chi connectivity index (χ3n) is 4.61. The van der Waals surface area contributed by atoms with Crippen LogP contribution in [0.5, 0.6) is 0 Å². The fourth-order valence-electron chi connectivity index (χ4n) is 3.30. The van der Waals surface area contributed by atoms with Gasteiger partial charge >= 0.3 is 0 Å². The van der Waals surface area contributed by atoms with Gasteiger partial charge in [0.2, 0.25) is 5.91 Å². The zero-order valence-electron chi connectivity index (χ0n) is 12.6. The summed E-state index contributed by atoms with van der Waals surface area (Å²) < 4.78 is 40.5. The molecule has 3 rings (SSSR count). The molecule has 0 bridgehead atoms. The lowest BCUT2D eigenvalue weighted by atomic mass is 10.0. The van der Waals surface area contributed by atoms with E-state index in [2.05, 4.69) is 0 Å². The first-order valence-electron chi connectivity index (χ1n) is 7.65. The molecular weight excluding hydrogens is 309 g/mol. The van der Waals surface area contributed by atoms with E-state index < -0.39 is 17.8 Å². The SMILES string of the molecule is O=C(Cc1ccccc1F)N1CC(N2CC(F)(F)C[C@H]2CO)C1. The Morgan fingerprint density at radius 2 is 2.00 bits per heavy atom. The Balaban J connectivity index is 1.55. The Morgan fingerprint density at radius 3 is 2.65 bits per heavy atom. The van der Waals surface area contributed by atoms with Crippen LogP contribution in [0.4, 0.5) is 13.2 Å². The van der Waals surface area contributed by atoms with Crippen LogP contribution in [0.1, 0.15) is 12.0 Å². The van der Waals surface area contributed by atoms with Gasteiger partial charge in [-0.2, -0.15) is 0 Å². The maximum absolute atomic E-state index is 13.6. The highest BCUT2D eigenvalue weighted by Crippen LogP contribution is 2.35. The number of carbonyl (C=O) groups is 1. The predicted molar refractivity (Wildman–Crippen MR) is 77.6 cm³/mol. The fourth-order valence-corrected chi connectivity index (χ4v) is 3.30. The molecule has 2 fully saturated rings. The van der Waals surface area contributed by atoms with Crippen molar-refractivity contribution in [1.82, 2.24) is 9.80 Å². The molecule has 4 nitrogen and oxygen atoms in total. The van der Waals surface area contributed by atoms with Crippen LogP contribution in [-0.2, 0) is 11.2 Å². The van der Waals surface area contributed by atoms with Crippen molar-refractivity contribution < 1.29 is 23.1 Å². The predicted octanol–water partition coefficient (Wildman–Crippen LogP) is 1.28. The third-order valence-corrected chi connectivity index (χ3v) is 4.61. The number of aliphatic hydroxyl groups excluding tert-OH is 1. The number of nitrogens with zero attached hydrogens (tertiary/aromatic N) is 2. The number of alkyl halides is 2. The number of hydrogen-bond acceptors (Lipinski definition) is 3. The van der Waals surface area contributed by atoms with Crippen molar-refractivity contribution in [3.05, 3.63) is 35.6 Å². The van der Waals surface area contributed by atoms with Crippen LogP contribution in [0, 0.1) is 5.82 Å². The van der Waals surface area contributed by atoms with Crippen LogP contribution in [0.3, 0.4) is 0 Å². The van der Waals surface area contributed by atoms with E-state index in [0.29, 0.717) is 18.7 Å². The number of hydrogen-bond donors (Lipinski definition) is 1. The molecule has 7 heteroatoms. The van der Waals surface area contributed by atoms with Gasteiger partial charge in [0.15, 0.2) is 0 Å². The number of halogens is 3. The molecule has 0 aliphatic carbocycles. The van der Waals surface area contributed by atoms with Gasteiger partial charge < -0.3 is 10.0 Å². The van der Waals surface area contributed by atoms with E-state index in [4.69, 9.17) is 0 Å². The second kappa shape index (κ2) is 6.13. The van der Waals surface area contributed by atoms with Crippen molar-refractivity contribution in [3.8, 4) is 0 Å². The summed E-state index contributed by atoms with van der Waals surface area (Å²) in [5.74, 6) is -3.42. The van der Waals surface area contributed by atoms with E-state index in [1.165, 1.54) is 6.07 Å². The molecule has 2 aliphatic rings. The number of benzene rings is 1. The first-order chi connectivity index (χ1) is 10.9. The number of amides is 1. The Labute approximate surface area is 132 Å². The molecule has 23 heavy (non-hydrogen) atoms. The van der Waals surface area contributed by atoms with Gasteiger partial charge in [0.1, 0.15) is 5.82 Å². The molecule has 1 atom stereocenters. The van der Waals surface area contributed by atoms with Crippen molar-refractivity contribution >= 4 is 5.91 Å². The van der Waals surface area contributed by atoms with Gasteiger partial charge in [-0.1, -0.05) is 18.2 Å². The van der Waals surface area contributed by atoms with Crippen molar-refractivity contribution in [2.24, 2.45) is 0 Å². The highest BCUT2D eigenvalue weighted by molar-refractivity contribution is 5.79. The summed E-state index contributed by atoms with van der Waals surface area (Å²) in [7, 11) is 0. The molecule has 1 amide bonds. The van der Waals surface area contributed by atoms with Crippen LogP contribution in [-0.4, -0.2) is 65.1 Å². The summed E-state index contributed by atoms with van der Waals surface area (Å²) >= 11 is 0. The van der Waals surface area contributed by atoms with E-state index in [1.807, 2.05) is 0 Å². The lowest BCUT2D eigenvalue weighted by Crippen LogP contribution is -2.62. The molecule has 2 saturated heterocycles. The maximum atomic E-state index is 13.6. The Bertz CT molecular complexity index is 590. The van der Waals surface area contributed by atoms with Crippen LogP contribution in [0.2, 0.25) is 0 Å². The van der Waals surface area contributed by atoms with E-state index in [0.717, 1.165) is 0 Å². The standard InChI is InChI=1S/C16H19F3N2O2/c17-14-4-2-1-3-11(14)5-15(23)20-7-13(8-20)21-10-16(18,19)6-12(21)9-22/h1-4,12-13,22H,5-10H2/t12-/m0/s1. The molecule has 0 unspecified atom stereocenters. The van der Waals surface area contributed by atoms with Crippen molar-refractivity contribution in [3.63, 3.8) is 0 Å². The molecule has 1 aromatic carbocycles. The van der Waals surface area contributed by atoms with E-state index in [-0.39, 0.29) is 37.9 Å². The van der Waals surface area contributed by atoms with Gasteiger partial charge in [-0.05, 0) is 11.6 Å². The lowest BCUT2D eigenvalue weighted by Gasteiger charge is -2.45. The molecule has 2 aliphatic heterocycles. The summed E-state index contributed by atoms with van der Waals surface area (Å²) in [6, 6.07) is 5.38. The fraction of sp³-hybridized carbons (Fsp3) is 0.562. The van der Waals surface area contributed by atoms with Gasteiger partial charge in [-0.15, -0.1) is 0 Å². The van der Waals surface area contributed by atoms with Gasteiger partial charge in [0, 0.05) is 31.6 Å². The molecule has 1 N–H and O–H groups in total. The topological polar surface area (TPSA) is 43.8 Å².